The average Bonchev–Trinajstić information content (AvgIpc) is 2.47. The van der Waals surface area contributed by atoms with E-state index in [1.54, 1.807) is 6.20 Å². The largest absolute Gasteiger partial charge is 0.369 e. The highest BCUT2D eigenvalue weighted by Crippen LogP contribution is 2.21. The fourth-order valence-electron chi connectivity index (χ4n) is 2.00. The number of nitrogens with zero attached hydrogens (tertiary/aromatic N) is 2. The Kier molecular flexibility index (Phi) is 5.44. The van der Waals surface area contributed by atoms with E-state index in [2.05, 4.69) is 20.6 Å². The lowest BCUT2D eigenvalue weighted by Gasteiger charge is -2.21. The lowest BCUT2D eigenvalue weighted by atomic mass is 10.0. The number of hydrogen-bond acceptors (Lipinski definition) is 5. The summed E-state index contributed by atoms with van der Waals surface area (Å²) in [5.74, 6) is 3.59. The molecule has 1 aliphatic rings. The summed E-state index contributed by atoms with van der Waals surface area (Å²) in [4.78, 5) is 20.2. The predicted octanol–water partition coefficient (Wildman–Crippen LogP) is 1.78. The summed E-state index contributed by atoms with van der Waals surface area (Å²) in [6, 6.07) is 0. The highest BCUT2D eigenvalue weighted by Gasteiger charge is 2.15. The molecule has 5 nitrogen and oxygen atoms in total. The molecule has 0 spiro atoms. The molecule has 1 aromatic rings. The summed E-state index contributed by atoms with van der Waals surface area (Å²) in [5.41, 5.74) is 0.381. The van der Waals surface area contributed by atoms with E-state index in [4.69, 9.17) is 0 Å². The third-order valence-corrected chi connectivity index (χ3v) is 4.18. The zero-order valence-electron chi connectivity index (χ0n) is 11.2. The minimum atomic E-state index is -0.131. The van der Waals surface area contributed by atoms with Crippen LogP contribution in [0.25, 0.3) is 0 Å². The molecule has 1 fully saturated rings. The van der Waals surface area contributed by atoms with Gasteiger partial charge in [-0.15, -0.1) is 0 Å². The van der Waals surface area contributed by atoms with Gasteiger partial charge in [0.2, 0.25) is 0 Å². The number of amides is 1. The maximum absolute atomic E-state index is 11.9. The van der Waals surface area contributed by atoms with E-state index in [0.717, 1.165) is 13.1 Å². The van der Waals surface area contributed by atoms with E-state index >= 15 is 0 Å². The first-order valence-corrected chi connectivity index (χ1v) is 7.87. The lowest BCUT2D eigenvalue weighted by Crippen LogP contribution is -2.31. The number of carbonyl (C=O) groups is 1. The monoisotopic (exact) mass is 280 g/mol. The molecule has 2 heterocycles. The molecular formula is C13H20N4OS. The van der Waals surface area contributed by atoms with E-state index in [0.29, 0.717) is 17.4 Å². The van der Waals surface area contributed by atoms with Crippen molar-refractivity contribution in [1.29, 1.82) is 0 Å². The Balaban J connectivity index is 1.81. The van der Waals surface area contributed by atoms with Crippen LogP contribution in [0.4, 0.5) is 5.82 Å². The molecule has 0 atom stereocenters. The average molecular weight is 280 g/mol. The second-order valence-corrected chi connectivity index (χ2v) is 5.81. The molecule has 0 bridgehead atoms. The maximum atomic E-state index is 11.9. The Bertz CT molecular complexity index is 404. The fourth-order valence-corrected chi connectivity index (χ4v) is 3.20. The third kappa shape index (κ3) is 4.38. The van der Waals surface area contributed by atoms with Crippen molar-refractivity contribution in [2.24, 2.45) is 5.92 Å². The standard InChI is InChI=1S/C13H20N4OS/c1-2-14-12-9-15-11(8-16-12)13(18)17-7-10-3-5-19-6-4-10/h8-10H,2-7H2,1H3,(H,14,16)(H,17,18). The quantitative estimate of drug-likeness (QED) is 0.860. The number of hydrogen-bond donors (Lipinski definition) is 2. The van der Waals surface area contributed by atoms with E-state index in [-0.39, 0.29) is 5.91 Å². The smallest absolute Gasteiger partial charge is 0.271 e. The second-order valence-electron chi connectivity index (χ2n) is 4.58. The first-order valence-electron chi connectivity index (χ1n) is 6.71. The molecular weight excluding hydrogens is 260 g/mol. The molecule has 0 unspecified atom stereocenters. The van der Waals surface area contributed by atoms with Crippen LogP contribution in [0, 0.1) is 5.92 Å². The van der Waals surface area contributed by atoms with Gasteiger partial charge in [0.15, 0.2) is 0 Å². The second kappa shape index (κ2) is 7.33. The predicted molar refractivity (Wildman–Crippen MR) is 78.6 cm³/mol. The fraction of sp³-hybridized carbons (Fsp3) is 0.615. The number of rotatable bonds is 5. The SMILES string of the molecule is CCNc1cnc(C(=O)NCC2CCSCC2)cn1. The summed E-state index contributed by atoms with van der Waals surface area (Å²) >= 11 is 1.99. The molecule has 2 rings (SSSR count). The molecule has 1 aliphatic heterocycles. The lowest BCUT2D eigenvalue weighted by molar-refractivity contribution is 0.0941. The van der Waals surface area contributed by atoms with Crippen LogP contribution in [-0.2, 0) is 0 Å². The van der Waals surface area contributed by atoms with Crippen LogP contribution in [0.5, 0.6) is 0 Å². The minimum absolute atomic E-state index is 0.131. The van der Waals surface area contributed by atoms with E-state index < -0.39 is 0 Å². The van der Waals surface area contributed by atoms with Crippen LogP contribution in [0.15, 0.2) is 12.4 Å². The van der Waals surface area contributed by atoms with Crippen LogP contribution >= 0.6 is 11.8 Å². The van der Waals surface area contributed by atoms with Gasteiger partial charge in [-0.1, -0.05) is 0 Å². The van der Waals surface area contributed by atoms with Crippen molar-refractivity contribution in [3.63, 3.8) is 0 Å². The van der Waals surface area contributed by atoms with Gasteiger partial charge in [-0.3, -0.25) is 4.79 Å². The van der Waals surface area contributed by atoms with Gasteiger partial charge in [0, 0.05) is 13.1 Å². The van der Waals surface area contributed by atoms with Crippen molar-refractivity contribution in [3.8, 4) is 0 Å². The number of anilines is 1. The first kappa shape index (κ1) is 14.1. The zero-order valence-corrected chi connectivity index (χ0v) is 12.0. The van der Waals surface area contributed by atoms with Gasteiger partial charge in [-0.2, -0.15) is 11.8 Å². The molecule has 1 saturated heterocycles. The summed E-state index contributed by atoms with van der Waals surface area (Å²) in [7, 11) is 0. The van der Waals surface area contributed by atoms with Gasteiger partial charge in [0.1, 0.15) is 11.5 Å². The zero-order chi connectivity index (χ0) is 13.5. The van der Waals surface area contributed by atoms with Gasteiger partial charge >= 0.3 is 0 Å². The molecule has 1 aromatic heterocycles. The highest BCUT2D eigenvalue weighted by molar-refractivity contribution is 7.99. The van der Waals surface area contributed by atoms with E-state index in [1.807, 2.05) is 18.7 Å². The molecule has 0 aromatic carbocycles. The molecule has 0 saturated carbocycles. The minimum Gasteiger partial charge on any atom is -0.369 e. The van der Waals surface area contributed by atoms with Gasteiger partial charge in [0.25, 0.3) is 5.91 Å². The van der Waals surface area contributed by atoms with E-state index in [9.17, 15) is 4.79 Å². The summed E-state index contributed by atoms with van der Waals surface area (Å²) in [5, 5.41) is 6.00. The summed E-state index contributed by atoms with van der Waals surface area (Å²) < 4.78 is 0. The first-order chi connectivity index (χ1) is 9.29. The van der Waals surface area contributed by atoms with Crippen LogP contribution in [0.3, 0.4) is 0 Å². The normalized spacial score (nSPS) is 16.1. The Morgan fingerprint density at radius 3 is 2.79 bits per heavy atom. The van der Waals surface area contributed by atoms with Gasteiger partial charge in [0.05, 0.1) is 12.4 Å². The van der Waals surface area contributed by atoms with Gasteiger partial charge in [-0.05, 0) is 37.2 Å². The molecule has 0 radical (unpaired) electrons. The summed E-state index contributed by atoms with van der Waals surface area (Å²) in [6.07, 6.45) is 5.49. The highest BCUT2D eigenvalue weighted by atomic mass is 32.2. The van der Waals surface area contributed by atoms with Crippen LogP contribution in [-0.4, -0.2) is 40.5 Å². The number of aromatic nitrogens is 2. The molecule has 0 aliphatic carbocycles. The Hall–Kier alpha value is -1.30. The number of carbonyl (C=O) groups excluding carboxylic acids is 1. The third-order valence-electron chi connectivity index (χ3n) is 3.13. The topological polar surface area (TPSA) is 66.9 Å². The van der Waals surface area contributed by atoms with Crippen molar-refractivity contribution in [2.75, 3.05) is 29.9 Å². The molecule has 1 amide bonds. The van der Waals surface area contributed by atoms with Crippen molar-refractivity contribution in [1.82, 2.24) is 15.3 Å². The summed E-state index contributed by atoms with van der Waals surface area (Å²) in [6.45, 7) is 3.53. The Labute approximate surface area is 118 Å². The van der Waals surface area contributed by atoms with Crippen LogP contribution in [0.1, 0.15) is 30.3 Å². The van der Waals surface area contributed by atoms with Gasteiger partial charge in [-0.25, -0.2) is 9.97 Å². The molecule has 19 heavy (non-hydrogen) atoms. The van der Waals surface area contributed by atoms with Crippen molar-refractivity contribution in [2.45, 2.75) is 19.8 Å². The molecule has 2 N–H and O–H groups in total. The van der Waals surface area contributed by atoms with Crippen LogP contribution in [0.2, 0.25) is 0 Å². The van der Waals surface area contributed by atoms with Crippen LogP contribution < -0.4 is 10.6 Å². The van der Waals surface area contributed by atoms with Crippen molar-refractivity contribution < 1.29 is 4.79 Å². The van der Waals surface area contributed by atoms with Crippen molar-refractivity contribution in [3.05, 3.63) is 18.1 Å². The number of thioether (sulfide) groups is 1. The molecule has 6 heteroatoms. The van der Waals surface area contributed by atoms with E-state index in [1.165, 1.54) is 30.5 Å². The Morgan fingerprint density at radius 1 is 1.37 bits per heavy atom. The molecule has 104 valence electrons. The maximum Gasteiger partial charge on any atom is 0.271 e. The number of nitrogens with one attached hydrogen (secondary N) is 2. The Morgan fingerprint density at radius 2 is 2.16 bits per heavy atom. The van der Waals surface area contributed by atoms with Gasteiger partial charge < -0.3 is 10.6 Å². The van der Waals surface area contributed by atoms with Crippen molar-refractivity contribution >= 4 is 23.5 Å².